The number of nitrogens with zero attached hydrogens (tertiary/aromatic N) is 1. The Labute approximate surface area is 122 Å². The lowest BCUT2D eigenvalue weighted by Crippen LogP contribution is -2.11. The predicted octanol–water partition coefficient (Wildman–Crippen LogP) is 3.54. The van der Waals surface area contributed by atoms with Gasteiger partial charge in [-0.2, -0.15) is 5.26 Å². The van der Waals surface area contributed by atoms with E-state index in [0.29, 0.717) is 16.9 Å². The number of hydrogen-bond donors (Lipinski definition) is 0. The molecule has 0 amide bonds. The van der Waals surface area contributed by atoms with Gasteiger partial charge in [-0.15, -0.1) is 11.8 Å². The van der Waals surface area contributed by atoms with E-state index in [1.165, 1.54) is 0 Å². The minimum Gasteiger partial charge on any atom is -0.485 e. The molecule has 0 aliphatic rings. The molecule has 0 N–H and O–H groups in total. The first-order valence-corrected chi connectivity index (χ1v) is 7.25. The number of ether oxygens (including phenoxy) is 1. The highest BCUT2D eigenvalue weighted by Gasteiger charge is 2.07. The molecule has 0 spiro atoms. The zero-order valence-electron chi connectivity index (χ0n) is 11.0. The number of nitriles is 1. The molecule has 4 heteroatoms. The van der Waals surface area contributed by atoms with Gasteiger partial charge in [-0.05, 0) is 36.6 Å². The van der Waals surface area contributed by atoms with Crippen LogP contribution in [0.4, 0.5) is 0 Å². The molecule has 20 heavy (non-hydrogen) atoms. The van der Waals surface area contributed by atoms with Crippen molar-refractivity contribution < 1.29 is 9.53 Å². The molecule has 2 aromatic rings. The predicted molar refractivity (Wildman–Crippen MR) is 79.2 cm³/mol. The van der Waals surface area contributed by atoms with Gasteiger partial charge in [0.15, 0.2) is 12.4 Å². The van der Waals surface area contributed by atoms with Crippen molar-refractivity contribution in [3.05, 3.63) is 59.7 Å². The number of thioether (sulfide) groups is 1. The summed E-state index contributed by atoms with van der Waals surface area (Å²) in [4.78, 5) is 13.1. The van der Waals surface area contributed by atoms with Crippen molar-refractivity contribution in [2.24, 2.45) is 0 Å². The van der Waals surface area contributed by atoms with Crippen LogP contribution >= 0.6 is 11.8 Å². The second-order valence-corrected chi connectivity index (χ2v) is 4.96. The smallest absolute Gasteiger partial charge is 0.200 e. The summed E-state index contributed by atoms with van der Waals surface area (Å²) in [5, 5.41) is 8.79. The van der Waals surface area contributed by atoms with Gasteiger partial charge in [0.25, 0.3) is 0 Å². The molecule has 3 nitrogen and oxygen atoms in total. The van der Waals surface area contributed by atoms with Crippen molar-refractivity contribution >= 4 is 17.5 Å². The second-order valence-electron chi connectivity index (χ2n) is 4.08. The molecule has 100 valence electrons. The van der Waals surface area contributed by atoms with Crippen molar-refractivity contribution in [3.63, 3.8) is 0 Å². The first-order chi connectivity index (χ1) is 9.72. The van der Waals surface area contributed by atoms with Crippen molar-refractivity contribution in [1.29, 1.82) is 5.26 Å². The van der Waals surface area contributed by atoms with Crippen LogP contribution in [0.5, 0.6) is 5.75 Å². The van der Waals surface area contributed by atoms with Crippen molar-refractivity contribution in [2.45, 2.75) is 4.90 Å². The lowest BCUT2D eigenvalue weighted by atomic mass is 10.1. The maximum Gasteiger partial charge on any atom is 0.200 e. The minimum absolute atomic E-state index is 0.0342. The number of carbonyl (C=O) groups excluding carboxylic acids is 1. The molecular formula is C16H13NO2S. The van der Waals surface area contributed by atoms with E-state index in [-0.39, 0.29) is 12.4 Å². The van der Waals surface area contributed by atoms with E-state index in [0.717, 1.165) is 4.90 Å². The van der Waals surface area contributed by atoms with Gasteiger partial charge in [0.05, 0.1) is 11.6 Å². The van der Waals surface area contributed by atoms with Crippen LogP contribution in [-0.2, 0) is 0 Å². The molecule has 0 heterocycles. The molecule has 2 rings (SSSR count). The van der Waals surface area contributed by atoms with Gasteiger partial charge in [-0.1, -0.05) is 18.2 Å². The topological polar surface area (TPSA) is 50.1 Å². The molecule has 2 aromatic carbocycles. The standard InChI is InChI=1S/C16H13NO2S/c1-20-15-7-5-13(6-8-15)16(18)11-19-14-4-2-3-12(9-14)10-17/h2-9H,11H2,1H3. The van der Waals surface area contributed by atoms with Crippen LogP contribution in [0.2, 0.25) is 0 Å². The Kier molecular flexibility index (Phi) is 4.80. The van der Waals surface area contributed by atoms with Crippen LogP contribution in [0, 0.1) is 11.3 Å². The molecule has 0 saturated carbocycles. The number of rotatable bonds is 5. The quantitative estimate of drug-likeness (QED) is 0.622. The molecule has 0 radical (unpaired) electrons. The summed E-state index contributed by atoms with van der Waals surface area (Å²) in [6, 6.07) is 16.2. The molecule has 0 atom stereocenters. The fraction of sp³-hybridized carbons (Fsp3) is 0.125. The lowest BCUT2D eigenvalue weighted by molar-refractivity contribution is 0.0921. The van der Waals surface area contributed by atoms with Crippen LogP contribution in [0.3, 0.4) is 0 Å². The van der Waals surface area contributed by atoms with E-state index in [2.05, 4.69) is 0 Å². The first kappa shape index (κ1) is 14.2. The minimum atomic E-state index is -0.0833. The van der Waals surface area contributed by atoms with Gasteiger partial charge in [0.1, 0.15) is 5.75 Å². The Morgan fingerprint density at radius 1 is 1.25 bits per heavy atom. The Bertz CT molecular complexity index is 644. The highest BCUT2D eigenvalue weighted by molar-refractivity contribution is 7.98. The van der Waals surface area contributed by atoms with Gasteiger partial charge in [0.2, 0.25) is 0 Å². The normalized spacial score (nSPS) is 9.80. The van der Waals surface area contributed by atoms with Gasteiger partial charge < -0.3 is 4.74 Å². The van der Waals surface area contributed by atoms with Crippen LogP contribution in [0.1, 0.15) is 15.9 Å². The van der Waals surface area contributed by atoms with E-state index in [4.69, 9.17) is 10.00 Å². The maximum atomic E-state index is 12.0. The lowest BCUT2D eigenvalue weighted by Gasteiger charge is -2.06. The summed E-state index contributed by atoms with van der Waals surface area (Å²) < 4.78 is 5.42. The van der Waals surface area contributed by atoms with Crippen LogP contribution in [0.25, 0.3) is 0 Å². The highest BCUT2D eigenvalue weighted by atomic mass is 32.2. The van der Waals surface area contributed by atoms with Gasteiger partial charge in [-0.3, -0.25) is 4.79 Å². The van der Waals surface area contributed by atoms with E-state index < -0.39 is 0 Å². The second kappa shape index (κ2) is 6.78. The number of ketones is 1. The summed E-state index contributed by atoms with van der Waals surface area (Å²) >= 11 is 1.63. The van der Waals surface area contributed by atoms with Crippen LogP contribution < -0.4 is 4.74 Å². The molecule has 0 unspecified atom stereocenters. The monoisotopic (exact) mass is 283 g/mol. The molecule has 0 fully saturated rings. The fourth-order valence-corrected chi connectivity index (χ4v) is 2.07. The third-order valence-electron chi connectivity index (χ3n) is 2.75. The third kappa shape index (κ3) is 3.62. The number of benzene rings is 2. The number of carbonyl (C=O) groups is 1. The van der Waals surface area contributed by atoms with E-state index in [1.54, 1.807) is 48.2 Å². The Morgan fingerprint density at radius 2 is 2.00 bits per heavy atom. The van der Waals surface area contributed by atoms with E-state index in [9.17, 15) is 4.79 Å². The first-order valence-electron chi connectivity index (χ1n) is 6.03. The summed E-state index contributed by atoms with van der Waals surface area (Å²) in [6.07, 6.45) is 1.99. The van der Waals surface area contributed by atoms with E-state index in [1.807, 2.05) is 24.5 Å². The third-order valence-corrected chi connectivity index (χ3v) is 3.49. The zero-order chi connectivity index (χ0) is 14.4. The molecule has 0 aliphatic heterocycles. The molecule has 0 aromatic heterocycles. The molecule has 0 saturated heterocycles. The SMILES string of the molecule is CSc1ccc(C(=O)COc2cccc(C#N)c2)cc1. The fourth-order valence-electron chi connectivity index (χ4n) is 1.66. The summed E-state index contributed by atoms with van der Waals surface area (Å²) in [7, 11) is 0. The number of Topliss-reactive ketones (excluding diaryl/α,β-unsaturated/α-hetero) is 1. The zero-order valence-corrected chi connectivity index (χ0v) is 11.8. The Morgan fingerprint density at radius 3 is 2.65 bits per heavy atom. The molecule has 0 bridgehead atoms. The van der Waals surface area contributed by atoms with Gasteiger partial charge >= 0.3 is 0 Å². The van der Waals surface area contributed by atoms with E-state index >= 15 is 0 Å². The Balaban J connectivity index is 1.99. The van der Waals surface area contributed by atoms with Crippen LogP contribution in [-0.4, -0.2) is 18.6 Å². The Hall–Kier alpha value is -2.25. The summed E-state index contributed by atoms with van der Waals surface area (Å²) in [5.74, 6) is 0.443. The largest absolute Gasteiger partial charge is 0.485 e. The van der Waals surface area contributed by atoms with Gasteiger partial charge in [0, 0.05) is 10.5 Å². The van der Waals surface area contributed by atoms with Crippen molar-refractivity contribution in [3.8, 4) is 11.8 Å². The highest BCUT2D eigenvalue weighted by Crippen LogP contribution is 2.16. The van der Waals surface area contributed by atoms with Crippen molar-refractivity contribution in [1.82, 2.24) is 0 Å². The van der Waals surface area contributed by atoms with Gasteiger partial charge in [-0.25, -0.2) is 0 Å². The molecular weight excluding hydrogens is 270 g/mol. The average molecular weight is 283 g/mol. The van der Waals surface area contributed by atoms with Crippen molar-refractivity contribution in [2.75, 3.05) is 12.9 Å². The molecule has 0 aliphatic carbocycles. The van der Waals surface area contributed by atoms with Crippen LogP contribution in [0.15, 0.2) is 53.4 Å². The summed E-state index contributed by atoms with van der Waals surface area (Å²) in [6.45, 7) is -0.0342. The maximum absolute atomic E-state index is 12.0. The summed E-state index contributed by atoms with van der Waals surface area (Å²) in [5.41, 5.74) is 1.14. The number of hydrogen-bond acceptors (Lipinski definition) is 4. The average Bonchev–Trinajstić information content (AvgIpc) is 2.53.